The lowest BCUT2D eigenvalue weighted by molar-refractivity contribution is 0.0469. The third-order valence-corrected chi connectivity index (χ3v) is 1.96. The second kappa shape index (κ2) is 4.62. The van der Waals surface area contributed by atoms with Crippen molar-refractivity contribution < 1.29 is 14.3 Å². The van der Waals surface area contributed by atoms with Gasteiger partial charge in [0.25, 0.3) is 0 Å². The quantitative estimate of drug-likeness (QED) is 0.546. The zero-order valence-corrected chi connectivity index (χ0v) is 10.2. The van der Waals surface area contributed by atoms with Crippen molar-refractivity contribution in [1.82, 2.24) is 16.0 Å². The van der Waals surface area contributed by atoms with E-state index in [1.54, 1.807) is 26.8 Å². The van der Waals surface area contributed by atoms with Crippen LogP contribution in [0.25, 0.3) is 0 Å². The van der Waals surface area contributed by atoms with Gasteiger partial charge in [0.05, 0.1) is 0 Å². The second-order valence-electron chi connectivity index (χ2n) is 4.73. The molecule has 1 aliphatic rings. The van der Waals surface area contributed by atoms with Gasteiger partial charge in [0.2, 0.25) is 0 Å². The Morgan fingerprint density at radius 2 is 2.24 bits per heavy atom. The summed E-state index contributed by atoms with van der Waals surface area (Å²) in [6, 6.07) is -0.436. The van der Waals surface area contributed by atoms with E-state index in [1.807, 2.05) is 0 Å². The van der Waals surface area contributed by atoms with Gasteiger partial charge in [-0.05, 0) is 26.8 Å². The van der Waals surface area contributed by atoms with Crippen LogP contribution in [-0.4, -0.2) is 29.9 Å². The molecule has 1 heterocycles. The number of nitrogens with two attached hydrogens (primary N) is 1. The Kier molecular flexibility index (Phi) is 3.62. The van der Waals surface area contributed by atoms with Crippen LogP contribution >= 0.6 is 0 Å². The predicted octanol–water partition coefficient (Wildman–Crippen LogP) is -0.00740. The molecule has 1 unspecified atom stereocenters. The van der Waals surface area contributed by atoms with E-state index in [2.05, 4.69) is 16.0 Å². The molecule has 0 aromatic carbocycles. The van der Waals surface area contributed by atoms with Gasteiger partial charge in [0.1, 0.15) is 5.60 Å². The number of ether oxygens (including phenoxy) is 1. The Morgan fingerprint density at radius 1 is 1.59 bits per heavy atom. The van der Waals surface area contributed by atoms with Gasteiger partial charge in [-0.15, -0.1) is 0 Å². The topological polar surface area (TPSA) is 105 Å². The molecule has 1 aliphatic heterocycles. The summed E-state index contributed by atoms with van der Waals surface area (Å²) in [5, 5.41) is 7.46. The molecule has 1 rings (SSSR count). The highest BCUT2D eigenvalue weighted by molar-refractivity contribution is 5.79. The highest BCUT2D eigenvalue weighted by Crippen LogP contribution is 2.10. The number of amides is 3. The second-order valence-corrected chi connectivity index (χ2v) is 4.73. The van der Waals surface area contributed by atoms with Crippen LogP contribution < -0.4 is 21.7 Å². The molecule has 7 nitrogen and oxygen atoms in total. The molecule has 1 atom stereocenters. The largest absolute Gasteiger partial charge is 0.444 e. The fourth-order valence-corrected chi connectivity index (χ4v) is 1.27. The van der Waals surface area contributed by atoms with E-state index in [-0.39, 0.29) is 6.54 Å². The van der Waals surface area contributed by atoms with Gasteiger partial charge < -0.3 is 21.1 Å². The van der Waals surface area contributed by atoms with E-state index in [9.17, 15) is 9.59 Å². The summed E-state index contributed by atoms with van der Waals surface area (Å²) in [7, 11) is 0. The van der Waals surface area contributed by atoms with E-state index in [0.29, 0.717) is 0 Å². The van der Waals surface area contributed by atoms with Gasteiger partial charge in [-0.3, -0.25) is 5.32 Å². The third-order valence-electron chi connectivity index (χ3n) is 1.96. The van der Waals surface area contributed by atoms with Crippen molar-refractivity contribution in [2.75, 3.05) is 6.54 Å². The van der Waals surface area contributed by atoms with Crippen molar-refractivity contribution in [1.29, 1.82) is 0 Å². The number of carbonyl (C=O) groups excluding carboxylic acids is 2. The standard InChI is InChI=1S/C10H18N4O3/c1-9(2,3)17-8(16)14-10(6-11)4-5-12-7(15)13-10/h4-5H,6,11H2,1-3H3,(H,14,16)(H2,12,13,15). The highest BCUT2D eigenvalue weighted by Gasteiger charge is 2.33. The first kappa shape index (κ1) is 13.3. The maximum absolute atomic E-state index is 11.6. The molecular weight excluding hydrogens is 224 g/mol. The van der Waals surface area contributed by atoms with Gasteiger partial charge in [0.15, 0.2) is 5.66 Å². The molecule has 0 saturated carbocycles. The molecular formula is C10H18N4O3. The lowest BCUT2D eigenvalue weighted by Crippen LogP contribution is -2.67. The summed E-state index contributed by atoms with van der Waals surface area (Å²) in [5.74, 6) is 0. The van der Waals surface area contributed by atoms with Crippen LogP contribution in [-0.2, 0) is 4.74 Å². The van der Waals surface area contributed by atoms with Gasteiger partial charge in [0, 0.05) is 12.7 Å². The molecule has 0 aromatic heterocycles. The Balaban J connectivity index is 2.70. The molecule has 96 valence electrons. The molecule has 0 aromatic rings. The summed E-state index contributed by atoms with van der Waals surface area (Å²) >= 11 is 0. The molecule has 0 saturated heterocycles. The highest BCUT2D eigenvalue weighted by atomic mass is 16.6. The number of hydrogen-bond donors (Lipinski definition) is 4. The molecule has 0 fully saturated rings. The normalized spacial score (nSPS) is 23.6. The minimum Gasteiger partial charge on any atom is -0.444 e. The molecule has 0 bridgehead atoms. The Labute approximate surface area is 99.8 Å². The van der Waals surface area contributed by atoms with Crippen molar-refractivity contribution in [3.63, 3.8) is 0 Å². The first-order valence-corrected chi connectivity index (χ1v) is 5.24. The lowest BCUT2D eigenvalue weighted by Gasteiger charge is -2.34. The molecule has 0 spiro atoms. The minimum absolute atomic E-state index is 0.0240. The van der Waals surface area contributed by atoms with Crippen molar-refractivity contribution in [2.45, 2.75) is 32.0 Å². The van der Waals surface area contributed by atoms with E-state index in [4.69, 9.17) is 10.5 Å². The van der Waals surface area contributed by atoms with Crippen LogP contribution in [0, 0.1) is 0 Å². The average molecular weight is 242 g/mol. The first-order valence-electron chi connectivity index (χ1n) is 5.24. The maximum Gasteiger partial charge on any atom is 0.409 e. The zero-order chi connectivity index (χ0) is 13.1. The Morgan fingerprint density at radius 3 is 2.71 bits per heavy atom. The van der Waals surface area contributed by atoms with Crippen LogP contribution in [0.3, 0.4) is 0 Å². The van der Waals surface area contributed by atoms with Crippen molar-refractivity contribution >= 4 is 12.1 Å². The van der Waals surface area contributed by atoms with Gasteiger partial charge in [-0.1, -0.05) is 0 Å². The van der Waals surface area contributed by atoms with Gasteiger partial charge in [-0.2, -0.15) is 0 Å². The number of nitrogens with one attached hydrogen (secondary N) is 3. The van der Waals surface area contributed by atoms with E-state index in [0.717, 1.165) is 0 Å². The summed E-state index contributed by atoms with van der Waals surface area (Å²) in [6.45, 7) is 5.27. The third kappa shape index (κ3) is 3.95. The van der Waals surface area contributed by atoms with Gasteiger partial charge in [-0.25, -0.2) is 9.59 Å². The van der Waals surface area contributed by atoms with Crippen LogP contribution in [0.5, 0.6) is 0 Å². The fraction of sp³-hybridized carbons (Fsp3) is 0.600. The maximum atomic E-state index is 11.6. The lowest BCUT2D eigenvalue weighted by atomic mass is 10.1. The summed E-state index contributed by atoms with van der Waals surface area (Å²) in [6.07, 6.45) is 2.33. The fourth-order valence-electron chi connectivity index (χ4n) is 1.27. The number of rotatable bonds is 2. The molecule has 5 N–H and O–H groups in total. The molecule has 0 radical (unpaired) electrons. The van der Waals surface area contributed by atoms with Crippen LogP contribution in [0.15, 0.2) is 12.3 Å². The average Bonchev–Trinajstić information content (AvgIpc) is 2.14. The van der Waals surface area contributed by atoms with Crippen molar-refractivity contribution in [2.24, 2.45) is 5.73 Å². The molecule has 3 amide bonds. The first-order chi connectivity index (χ1) is 7.76. The van der Waals surface area contributed by atoms with E-state index >= 15 is 0 Å². The number of urea groups is 1. The monoisotopic (exact) mass is 242 g/mol. The van der Waals surface area contributed by atoms with Gasteiger partial charge >= 0.3 is 12.1 Å². The van der Waals surface area contributed by atoms with Crippen LogP contribution in [0.2, 0.25) is 0 Å². The number of carbonyl (C=O) groups is 2. The van der Waals surface area contributed by atoms with E-state index in [1.165, 1.54) is 6.20 Å². The summed E-state index contributed by atoms with van der Waals surface area (Å²) < 4.78 is 5.09. The number of hydrogen-bond acceptors (Lipinski definition) is 4. The van der Waals surface area contributed by atoms with Crippen LogP contribution in [0.1, 0.15) is 20.8 Å². The summed E-state index contributed by atoms with van der Waals surface area (Å²) in [5.41, 5.74) is 3.83. The molecule has 0 aliphatic carbocycles. The van der Waals surface area contributed by atoms with E-state index < -0.39 is 23.4 Å². The van der Waals surface area contributed by atoms with Crippen LogP contribution in [0.4, 0.5) is 9.59 Å². The number of alkyl carbamates (subject to hydrolysis) is 1. The molecule has 17 heavy (non-hydrogen) atoms. The predicted molar refractivity (Wildman–Crippen MR) is 62.0 cm³/mol. The summed E-state index contributed by atoms with van der Waals surface area (Å²) in [4.78, 5) is 22.8. The SMILES string of the molecule is CC(C)(C)OC(=O)NC1(CN)C=CNC(=O)N1. The Hall–Kier alpha value is -1.76. The molecule has 7 heteroatoms. The van der Waals surface area contributed by atoms with Crippen molar-refractivity contribution in [3.8, 4) is 0 Å². The Bertz CT molecular complexity index is 348. The van der Waals surface area contributed by atoms with Crippen molar-refractivity contribution in [3.05, 3.63) is 12.3 Å². The minimum atomic E-state index is -1.11. The zero-order valence-electron chi connectivity index (χ0n) is 10.2. The smallest absolute Gasteiger partial charge is 0.409 e.